The Labute approximate surface area is 229 Å². The summed E-state index contributed by atoms with van der Waals surface area (Å²) in [5.41, 5.74) is 1.14. The first-order chi connectivity index (χ1) is 18.8. The molecule has 3 N–H and O–H groups in total. The van der Waals surface area contributed by atoms with Crippen LogP contribution in [0.5, 0.6) is 0 Å². The summed E-state index contributed by atoms with van der Waals surface area (Å²) in [5, 5.41) is 23.9. The molecule has 2 aliphatic rings. The third-order valence-corrected chi connectivity index (χ3v) is 8.03. The maximum absolute atomic E-state index is 15.5. The van der Waals surface area contributed by atoms with Gasteiger partial charge in [0.15, 0.2) is 0 Å². The monoisotopic (exact) mass is 541 g/mol. The van der Waals surface area contributed by atoms with Crippen molar-refractivity contribution in [1.29, 1.82) is 0 Å². The number of aryl methyl sites for hydroxylation is 1. The first kappa shape index (κ1) is 29.0. The van der Waals surface area contributed by atoms with Crippen molar-refractivity contribution in [2.24, 2.45) is 5.92 Å². The van der Waals surface area contributed by atoms with E-state index in [9.17, 15) is 14.7 Å². The number of benzene rings is 2. The summed E-state index contributed by atoms with van der Waals surface area (Å²) < 4.78 is 20.9. The number of ether oxygens (including phenoxy) is 1. The Kier molecular flexibility index (Phi) is 9.94. The van der Waals surface area contributed by atoms with Crippen molar-refractivity contribution >= 4 is 12.0 Å². The zero-order valence-electron chi connectivity index (χ0n) is 22.7. The SMILES string of the molecule is CCc1cccc(-c2c(F)cccc2C(O)(CCCNC(=O)O)[C@@H]2CCCN(C(=O)CN3CCOCC3)C2)c1. The van der Waals surface area contributed by atoms with Crippen molar-refractivity contribution in [2.45, 2.75) is 44.6 Å². The average Bonchev–Trinajstić information content (AvgIpc) is 2.95. The van der Waals surface area contributed by atoms with Crippen LogP contribution in [0.3, 0.4) is 0 Å². The molecule has 2 fully saturated rings. The molecule has 0 bridgehead atoms. The highest BCUT2D eigenvalue weighted by molar-refractivity contribution is 5.78. The number of likely N-dealkylation sites (tertiary alicyclic amines) is 1. The summed E-state index contributed by atoms with van der Waals surface area (Å²) in [5.74, 6) is -0.731. The summed E-state index contributed by atoms with van der Waals surface area (Å²) in [4.78, 5) is 28.2. The number of carboxylic acid groups (broad SMARTS) is 1. The van der Waals surface area contributed by atoms with Crippen LogP contribution in [0.1, 0.15) is 43.7 Å². The number of nitrogens with one attached hydrogen (secondary N) is 1. The largest absolute Gasteiger partial charge is 0.465 e. The lowest BCUT2D eigenvalue weighted by atomic mass is 9.72. The molecule has 9 heteroatoms. The van der Waals surface area contributed by atoms with Crippen LogP contribution >= 0.6 is 0 Å². The van der Waals surface area contributed by atoms with Gasteiger partial charge in [0.1, 0.15) is 5.82 Å². The standard InChI is InChI=1S/C30H40FN3O5/c1-2-22-7-3-8-23(19-22)28-25(10-4-11-26(28)31)30(38,12-6-13-32-29(36)37)24-9-5-14-34(20-24)27(35)21-33-15-17-39-18-16-33/h3-4,7-8,10-11,19,24,32,38H,2,5-6,9,12-18,20-21H2,1H3,(H,36,37)/t24-,30?/m1/s1. The second kappa shape index (κ2) is 13.4. The van der Waals surface area contributed by atoms with Crippen LogP contribution in [0.25, 0.3) is 11.1 Å². The minimum Gasteiger partial charge on any atom is -0.465 e. The number of morpholine rings is 1. The highest BCUT2D eigenvalue weighted by atomic mass is 19.1. The lowest BCUT2D eigenvalue weighted by molar-refractivity contribution is -0.138. The highest BCUT2D eigenvalue weighted by Gasteiger charge is 2.43. The second-order valence-corrected chi connectivity index (χ2v) is 10.5. The molecule has 0 aliphatic carbocycles. The van der Waals surface area contributed by atoms with Crippen LogP contribution in [-0.4, -0.2) is 84.5 Å². The summed E-state index contributed by atoms with van der Waals surface area (Å²) in [6, 6.07) is 12.5. The first-order valence-corrected chi connectivity index (χ1v) is 14.0. The van der Waals surface area contributed by atoms with Crippen molar-refractivity contribution in [3.63, 3.8) is 0 Å². The minimum atomic E-state index is -1.46. The van der Waals surface area contributed by atoms with E-state index < -0.39 is 17.5 Å². The van der Waals surface area contributed by atoms with E-state index >= 15 is 4.39 Å². The number of piperidine rings is 1. The van der Waals surface area contributed by atoms with Crippen LogP contribution in [0.4, 0.5) is 9.18 Å². The summed E-state index contributed by atoms with van der Waals surface area (Å²) in [6.45, 7) is 6.15. The number of hydrogen-bond donors (Lipinski definition) is 3. The Morgan fingerprint density at radius 3 is 2.67 bits per heavy atom. The fraction of sp³-hybridized carbons (Fsp3) is 0.533. The summed E-state index contributed by atoms with van der Waals surface area (Å²) >= 11 is 0. The van der Waals surface area contributed by atoms with E-state index in [0.717, 1.165) is 18.4 Å². The first-order valence-electron chi connectivity index (χ1n) is 14.0. The molecular weight excluding hydrogens is 501 g/mol. The molecule has 2 aromatic carbocycles. The number of aliphatic hydroxyl groups is 1. The summed E-state index contributed by atoms with van der Waals surface area (Å²) in [7, 11) is 0. The van der Waals surface area contributed by atoms with Crippen LogP contribution in [0.2, 0.25) is 0 Å². The van der Waals surface area contributed by atoms with Crippen molar-refractivity contribution in [3.8, 4) is 11.1 Å². The van der Waals surface area contributed by atoms with Crippen LogP contribution in [-0.2, 0) is 21.6 Å². The van der Waals surface area contributed by atoms with E-state index in [1.807, 2.05) is 36.1 Å². The molecule has 8 nitrogen and oxygen atoms in total. The van der Waals surface area contributed by atoms with Gasteiger partial charge in [-0.15, -0.1) is 0 Å². The van der Waals surface area contributed by atoms with Crippen molar-refractivity contribution in [1.82, 2.24) is 15.1 Å². The number of carbonyl (C=O) groups is 2. The molecule has 2 atom stereocenters. The molecule has 2 aromatic rings. The molecule has 39 heavy (non-hydrogen) atoms. The van der Waals surface area contributed by atoms with Gasteiger partial charge in [0.2, 0.25) is 5.91 Å². The molecule has 4 rings (SSSR count). The third kappa shape index (κ3) is 7.15. The number of rotatable bonds is 10. The number of halogens is 1. The summed E-state index contributed by atoms with van der Waals surface area (Å²) in [6.07, 6.45) is 1.67. The van der Waals surface area contributed by atoms with E-state index in [2.05, 4.69) is 10.2 Å². The molecule has 0 spiro atoms. The molecule has 2 heterocycles. The lowest BCUT2D eigenvalue weighted by Crippen LogP contribution is -2.51. The van der Waals surface area contributed by atoms with Gasteiger partial charge in [-0.25, -0.2) is 9.18 Å². The molecule has 0 saturated carbocycles. The van der Waals surface area contributed by atoms with Gasteiger partial charge in [-0.05, 0) is 54.9 Å². The van der Waals surface area contributed by atoms with Crippen molar-refractivity contribution < 1.29 is 28.9 Å². The maximum atomic E-state index is 15.5. The Morgan fingerprint density at radius 2 is 1.92 bits per heavy atom. The van der Waals surface area contributed by atoms with Crippen LogP contribution < -0.4 is 5.32 Å². The third-order valence-electron chi connectivity index (χ3n) is 8.03. The van der Waals surface area contributed by atoms with Gasteiger partial charge in [-0.3, -0.25) is 9.69 Å². The number of nitrogens with zero attached hydrogens (tertiary/aromatic N) is 2. The smallest absolute Gasteiger partial charge is 0.404 e. The Morgan fingerprint density at radius 1 is 1.15 bits per heavy atom. The Bertz CT molecular complexity index is 1140. The molecule has 2 amide bonds. The van der Waals surface area contributed by atoms with E-state index in [4.69, 9.17) is 9.84 Å². The van der Waals surface area contributed by atoms with E-state index in [1.54, 1.807) is 12.1 Å². The van der Waals surface area contributed by atoms with Gasteiger partial charge < -0.3 is 25.2 Å². The fourth-order valence-electron chi connectivity index (χ4n) is 5.88. The predicted octanol–water partition coefficient (Wildman–Crippen LogP) is 3.86. The minimum absolute atomic E-state index is 0.0200. The fourth-order valence-corrected chi connectivity index (χ4v) is 5.88. The topological polar surface area (TPSA) is 102 Å². The second-order valence-electron chi connectivity index (χ2n) is 10.5. The molecular formula is C30H40FN3O5. The van der Waals surface area contributed by atoms with E-state index in [-0.39, 0.29) is 24.8 Å². The quantitative estimate of drug-likeness (QED) is 0.395. The van der Waals surface area contributed by atoms with Gasteiger partial charge in [0.25, 0.3) is 0 Å². The normalized spacial score (nSPS) is 19.9. The van der Waals surface area contributed by atoms with Crippen molar-refractivity contribution in [3.05, 3.63) is 59.4 Å². The molecule has 0 radical (unpaired) electrons. The molecule has 1 unspecified atom stereocenters. The molecule has 212 valence electrons. The van der Waals surface area contributed by atoms with E-state index in [0.29, 0.717) is 75.5 Å². The molecule has 0 aromatic heterocycles. The maximum Gasteiger partial charge on any atom is 0.404 e. The van der Waals surface area contributed by atoms with Crippen LogP contribution in [0.15, 0.2) is 42.5 Å². The lowest BCUT2D eigenvalue weighted by Gasteiger charge is -2.44. The molecule has 2 aliphatic heterocycles. The molecule has 2 saturated heterocycles. The Hall–Kier alpha value is -3.01. The van der Waals surface area contributed by atoms with Gasteiger partial charge in [-0.2, -0.15) is 0 Å². The zero-order chi connectivity index (χ0) is 27.8. The van der Waals surface area contributed by atoms with Gasteiger partial charge >= 0.3 is 6.09 Å². The van der Waals surface area contributed by atoms with Crippen molar-refractivity contribution in [2.75, 3.05) is 52.5 Å². The average molecular weight is 542 g/mol. The Balaban J connectivity index is 1.65. The van der Waals surface area contributed by atoms with Crippen LogP contribution in [0, 0.1) is 11.7 Å². The van der Waals surface area contributed by atoms with Gasteiger partial charge in [-0.1, -0.05) is 43.3 Å². The number of hydrogen-bond acceptors (Lipinski definition) is 5. The number of carbonyl (C=O) groups excluding carboxylic acids is 1. The van der Waals surface area contributed by atoms with Gasteiger partial charge in [0, 0.05) is 44.2 Å². The highest BCUT2D eigenvalue weighted by Crippen LogP contribution is 2.44. The predicted molar refractivity (Wildman–Crippen MR) is 147 cm³/mol. The number of amides is 2. The van der Waals surface area contributed by atoms with E-state index in [1.165, 1.54) is 6.07 Å². The zero-order valence-corrected chi connectivity index (χ0v) is 22.7. The van der Waals surface area contributed by atoms with Gasteiger partial charge in [0.05, 0.1) is 25.4 Å².